The lowest BCUT2D eigenvalue weighted by Gasteiger charge is -2.58. The molecule has 0 bridgehead atoms. The molecule has 5 aliphatic rings. The Morgan fingerprint density at radius 1 is 0.853 bits per heavy atom. The molecule has 2 nitrogen and oxygen atoms in total. The van der Waals surface area contributed by atoms with Crippen LogP contribution in [0, 0.1) is 52.3 Å². The largest absolute Gasteiger partial charge is 0.466 e. The first-order valence-electron chi connectivity index (χ1n) is 14.3. The lowest BCUT2D eigenvalue weighted by Crippen LogP contribution is -2.50. The first kappa shape index (κ1) is 25.6. The Kier molecular flexibility index (Phi) is 8.05. The van der Waals surface area contributed by atoms with Gasteiger partial charge in [0, 0.05) is 0 Å². The Labute approximate surface area is 209 Å². The van der Waals surface area contributed by atoms with Crippen LogP contribution in [0.2, 0.25) is 0 Å². The number of hydrogen-bond donors (Lipinski definition) is 0. The third kappa shape index (κ3) is 4.93. The van der Waals surface area contributed by atoms with E-state index in [1.54, 1.807) is 0 Å². The van der Waals surface area contributed by atoms with Crippen molar-refractivity contribution in [2.24, 2.45) is 52.3 Å². The average Bonchev–Trinajstić information content (AvgIpc) is 3.20. The smallest absolute Gasteiger partial charge is 0.125 e. The van der Waals surface area contributed by atoms with Crippen LogP contribution in [0.1, 0.15) is 99.3 Å². The summed E-state index contributed by atoms with van der Waals surface area (Å²) >= 11 is 0. The maximum Gasteiger partial charge on any atom is 0.125 e. The van der Waals surface area contributed by atoms with Crippen molar-refractivity contribution in [2.45, 2.75) is 99.3 Å². The van der Waals surface area contributed by atoms with Gasteiger partial charge in [0.1, 0.15) is 25.0 Å². The number of ether oxygens (including phenoxy) is 2. The van der Waals surface area contributed by atoms with E-state index >= 15 is 0 Å². The van der Waals surface area contributed by atoms with Crippen molar-refractivity contribution in [3.05, 3.63) is 48.8 Å². The summed E-state index contributed by atoms with van der Waals surface area (Å²) in [6.45, 7) is 15.0. The quantitative estimate of drug-likeness (QED) is 0.384. The maximum atomic E-state index is 4.58. The Balaban J connectivity index is 0.000000398. The highest BCUT2D eigenvalue weighted by atomic mass is 16.5. The highest BCUT2D eigenvalue weighted by Crippen LogP contribution is 2.67. The van der Waals surface area contributed by atoms with Crippen molar-refractivity contribution < 1.29 is 9.47 Å². The molecule has 1 aliphatic heterocycles. The Hall–Kier alpha value is -1.44. The molecule has 3 saturated carbocycles. The Morgan fingerprint density at radius 3 is 2.21 bits per heavy atom. The number of fused-ring (bicyclic) bond motifs is 5. The van der Waals surface area contributed by atoms with E-state index < -0.39 is 0 Å². The summed E-state index contributed by atoms with van der Waals surface area (Å²) in [5, 5.41) is 0. The van der Waals surface area contributed by atoms with E-state index in [1.807, 2.05) is 5.57 Å². The summed E-state index contributed by atoms with van der Waals surface area (Å²) in [5.74, 6) is 6.10. The fourth-order valence-corrected chi connectivity index (χ4v) is 8.58. The third-order valence-electron chi connectivity index (χ3n) is 10.9. The van der Waals surface area contributed by atoms with E-state index in [0.29, 0.717) is 16.7 Å². The fraction of sp³-hybridized carbons (Fsp3) is 0.750. The molecule has 0 aromatic carbocycles. The van der Waals surface area contributed by atoms with Crippen LogP contribution in [0.15, 0.2) is 48.8 Å². The van der Waals surface area contributed by atoms with Crippen LogP contribution in [-0.4, -0.2) is 0 Å². The molecular formula is C32H50O2. The molecule has 0 aromatic rings. The van der Waals surface area contributed by atoms with Crippen LogP contribution in [0.4, 0.5) is 0 Å². The topological polar surface area (TPSA) is 18.5 Å². The van der Waals surface area contributed by atoms with E-state index in [0.717, 1.165) is 35.5 Å². The van der Waals surface area contributed by atoms with Gasteiger partial charge in [-0.3, -0.25) is 0 Å². The molecule has 0 spiro atoms. The minimum Gasteiger partial charge on any atom is -0.466 e. The molecule has 3 fully saturated rings. The normalized spacial score (nSPS) is 40.1. The SMILES string of the molecule is C1=COC=CO1.CC(C)C(C)C=C[C@@H](C)[C@H]1CC[C@H]2[C@@H]3CCC4=CCCC[C@]4(C)[C@H]3CC[C@]12C. The van der Waals surface area contributed by atoms with Crippen molar-refractivity contribution in [1.82, 2.24) is 0 Å². The number of hydrogen-bond acceptors (Lipinski definition) is 2. The summed E-state index contributed by atoms with van der Waals surface area (Å²) in [6, 6.07) is 0. The second-order valence-electron chi connectivity index (χ2n) is 12.8. The van der Waals surface area contributed by atoms with Gasteiger partial charge in [-0.15, -0.1) is 0 Å². The van der Waals surface area contributed by atoms with Gasteiger partial charge in [-0.1, -0.05) is 65.3 Å². The molecule has 1 unspecified atom stereocenters. The molecule has 1 heterocycles. The van der Waals surface area contributed by atoms with E-state index in [-0.39, 0.29) is 0 Å². The monoisotopic (exact) mass is 466 g/mol. The summed E-state index contributed by atoms with van der Waals surface area (Å²) in [6.07, 6.45) is 26.7. The lowest BCUT2D eigenvalue weighted by atomic mass is 9.46. The van der Waals surface area contributed by atoms with Crippen LogP contribution in [-0.2, 0) is 9.47 Å². The summed E-state index contributed by atoms with van der Waals surface area (Å²) in [7, 11) is 0. The van der Waals surface area contributed by atoms with Gasteiger partial charge in [0.15, 0.2) is 0 Å². The van der Waals surface area contributed by atoms with E-state index in [1.165, 1.54) is 82.8 Å². The summed E-state index contributed by atoms with van der Waals surface area (Å²) in [4.78, 5) is 0. The van der Waals surface area contributed by atoms with Gasteiger partial charge >= 0.3 is 0 Å². The van der Waals surface area contributed by atoms with Crippen LogP contribution < -0.4 is 0 Å². The first-order valence-corrected chi connectivity index (χ1v) is 14.3. The molecule has 8 atom stereocenters. The highest BCUT2D eigenvalue weighted by Gasteiger charge is 2.58. The standard InChI is InChI=1S/C28H46.C4H4O2/c1-19(2)20(3)10-11-21(4)24-14-15-25-23-13-12-22-9-7-8-17-27(22,5)26(23)16-18-28(24,25)6;1-2-6-4-3-5-1/h9-11,19-21,23-26H,7-8,12-18H2,1-6H3;1-4H/t20?,21-,23+,24-,25+,26+,27+,28-;/m1./s1. The molecule has 0 aromatic heterocycles. The van der Waals surface area contributed by atoms with Gasteiger partial charge in [0.2, 0.25) is 0 Å². The van der Waals surface area contributed by atoms with E-state index in [2.05, 4.69) is 69.2 Å². The molecule has 0 N–H and O–H groups in total. The van der Waals surface area contributed by atoms with Crippen LogP contribution in [0.5, 0.6) is 0 Å². The van der Waals surface area contributed by atoms with Crippen molar-refractivity contribution in [3.63, 3.8) is 0 Å². The summed E-state index contributed by atoms with van der Waals surface area (Å²) < 4.78 is 9.17. The number of rotatable bonds is 4. The Bertz CT molecular complexity index is 784. The van der Waals surface area contributed by atoms with Crippen molar-refractivity contribution in [1.29, 1.82) is 0 Å². The van der Waals surface area contributed by atoms with Crippen LogP contribution in [0.3, 0.4) is 0 Å². The zero-order valence-corrected chi connectivity index (χ0v) is 22.8. The second-order valence-corrected chi connectivity index (χ2v) is 12.8. The van der Waals surface area contributed by atoms with Gasteiger partial charge in [-0.2, -0.15) is 0 Å². The van der Waals surface area contributed by atoms with Gasteiger partial charge in [0.25, 0.3) is 0 Å². The molecule has 190 valence electrons. The predicted octanol–water partition coefficient (Wildman–Crippen LogP) is 9.42. The van der Waals surface area contributed by atoms with E-state index in [9.17, 15) is 0 Å². The third-order valence-corrected chi connectivity index (χ3v) is 10.9. The zero-order chi connectivity index (χ0) is 24.3. The van der Waals surface area contributed by atoms with Gasteiger partial charge in [-0.05, 0) is 110 Å². The average molecular weight is 467 g/mol. The minimum absolute atomic E-state index is 0.554. The predicted molar refractivity (Wildman–Crippen MR) is 143 cm³/mol. The molecule has 4 aliphatic carbocycles. The van der Waals surface area contributed by atoms with Gasteiger partial charge in [0.05, 0.1) is 0 Å². The van der Waals surface area contributed by atoms with Crippen LogP contribution >= 0.6 is 0 Å². The van der Waals surface area contributed by atoms with E-state index in [4.69, 9.17) is 0 Å². The first-order chi connectivity index (χ1) is 16.3. The molecule has 2 heteroatoms. The number of allylic oxidation sites excluding steroid dienone is 4. The highest BCUT2D eigenvalue weighted by molar-refractivity contribution is 5.24. The van der Waals surface area contributed by atoms with Crippen molar-refractivity contribution >= 4 is 0 Å². The molecule has 34 heavy (non-hydrogen) atoms. The van der Waals surface area contributed by atoms with Gasteiger partial charge in [-0.25, -0.2) is 0 Å². The van der Waals surface area contributed by atoms with Crippen LogP contribution in [0.25, 0.3) is 0 Å². The Morgan fingerprint density at radius 2 is 1.56 bits per heavy atom. The molecule has 0 radical (unpaired) electrons. The molecule has 5 rings (SSSR count). The molecule has 0 amide bonds. The molecule has 0 saturated heterocycles. The summed E-state index contributed by atoms with van der Waals surface area (Å²) in [5.41, 5.74) is 3.01. The van der Waals surface area contributed by atoms with Gasteiger partial charge < -0.3 is 9.47 Å². The fourth-order valence-electron chi connectivity index (χ4n) is 8.58. The van der Waals surface area contributed by atoms with Crippen molar-refractivity contribution in [3.8, 4) is 0 Å². The molecular weight excluding hydrogens is 416 g/mol. The zero-order valence-electron chi connectivity index (χ0n) is 22.8. The second kappa shape index (κ2) is 10.7. The minimum atomic E-state index is 0.554. The maximum absolute atomic E-state index is 4.58. The lowest BCUT2D eigenvalue weighted by molar-refractivity contribution is -0.0558. The van der Waals surface area contributed by atoms with Crippen molar-refractivity contribution in [2.75, 3.05) is 0 Å².